The summed E-state index contributed by atoms with van der Waals surface area (Å²) in [5.41, 5.74) is 5.96. The molecule has 0 unspecified atom stereocenters. The molecule has 0 aliphatic carbocycles. The van der Waals surface area contributed by atoms with Crippen molar-refractivity contribution in [2.75, 3.05) is 0 Å². The van der Waals surface area contributed by atoms with E-state index in [1.807, 2.05) is 32.4 Å². The second-order valence-corrected chi connectivity index (χ2v) is 5.01. The minimum Gasteiger partial charge on any atom is -0.478 e. The van der Waals surface area contributed by atoms with Crippen molar-refractivity contribution in [2.24, 2.45) is 0 Å². The van der Waals surface area contributed by atoms with E-state index in [4.69, 9.17) is 5.11 Å². The Morgan fingerprint density at radius 3 is 2.30 bits per heavy atom. The standard InChI is InChI=1S/C16H18N2O2/c1-10-7-11(2)9-14(8-10)18-13(4)15(12(3)17-18)5-6-16(19)20/h5-9H,1-4H3,(H,19,20)/b6-5+. The Bertz CT molecular complexity index is 676. The highest BCUT2D eigenvalue weighted by Crippen LogP contribution is 2.21. The molecule has 4 heteroatoms. The van der Waals surface area contributed by atoms with Crippen molar-refractivity contribution >= 4 is 12.0 Å². The molecule has 0 fully saturated rings. The van der Waals surface area contributed by atoms with Gasteiger partial charge in [0.2, 0.25) is 0 Å². The highest BCUT2D eigenvalue weighted by Gasteiger charge is 2.11. The minimum atomic E-state index is -0.956. The van der Waals surface area contributed by atoms with Crippen LogP contribution in [0.1, 0.15) is 28.1 Å². The fourth-order valence-corrected chi connectivity index (χ4v) is 2.37. The molecule has 20 heavy (non-hydrogen) atoms. The zero-order chi connectivity index (χ0) is 14.9. The molecule has 2 rings (SSSR count). The molecule has 0 aliphatic rings. The third kappa shape index (κ3) is 2.79. The van der Waals surface area contributed by atoms with Crippen LogP contribution in [-0.2, 0) is 4.79 Å². The maximum Gasteiger partial charge on any atom is 0.328 e. The molecule has 1 heterocycles. The number of carbonyl (C=O) groups is 1. The number of hydrogen-bond acceptors (Lipinski definition) is 2. The van der Waals surface area contributed by atoms with E-state index in [2.05, 4.69) is 23.3 Å². The van der Waals surface area contributed by atoms with Gasteiger partial charge in [-0.3, -0.25) is 0 Å². The molecule has 1 aromatic carbocycles. The van der Waals surface area contributed by atoms with Crippen LogP contribution in [0, 0.1) is 27.7 Å². The number of hydrogen-bond donors (Lipinski definition) is 1. The van der Waals surface area contributed by atoms with Gasteiger partial charge < -0.3 is 5.11 Å². The van der Waals surface area contributed by atoms with Crippen LogP contribution in [0.25, 0.3) is 11.8 Å². The zero-order valence-electron chi connectivity index (χ0n) is 12.1. The molecule has 0 aliphatic heterocycles. The van der Waals surface area contributed by atoms with Crippen LogP contribution in [0.5, 0.6) is 0 Å². The Labute approximate surface area is 118 Å². The maximum atomic E-state index is 10.6. The second kappa shape index (κ2) is 5.33. The van der Waals surface area contributed by atoms with Gasteiger partial charge in [0.1, 0.15) is 0 Å². The number of aryl methyl sites for hydroxylation is 3. The van der Waals surface area contributed by atoms with E-state index in [0.29, 0.717) is 0 Å². The summed E-state index contributed by atoms with van der Waals surface area (Å²) in [6.45, 7) is 7.92. The normalized spacial score (nSPS) is 11.2. The topological polar surface area (TPSA) is 55.1 Å². The molecule has 0 saturated carbocycles. The summed E-state index contributed by atoms with van der Waals surface area (Å²) >= 11 is 0. The number of carboxylic acid groups (broad SMARTS) is 1. The molecule has 1 aromatic heterocycles. The Morgan fingerprint density at radius 2 is 1.75 bits per heavy atom. The van der Waals surface area contributed by atoms with Gasteiger partial charge >= 0.3 is 5.97 Å². The summed E-state index contributed by atoms with van der Waals surface area (Å²) in [7, 11) is 0. The van der Waals surface area contributed by atoms with Crippen molar-refractivity contribution in [1.29, 1.82) is 0 Å². The highest BCUT2D eigenvalue weighted by molar-refractivity contribution is 5.85. The molecule has 0 atom stereocenters. The largest absolute Gasteiger partial charge is 0.478 e. The van der Waals surface area contributed by atoms with Crippen LogP contribution >= 0.6 is 0 Å². The lowest BCUT2D eigenvalue weighted by Gasteiger charge is -2.07. The lowest BCUT2D eigenvalue weighted by molar-refractivity contribution is -0.131. The molecule has 0 spiro atoms. The second-order valence-electron chi connectivity index (χ2n) is 5.01. The summed E-state index contributed by atoms with van der Waals surface area (Å²) in [5.74, 6) is -0.956. The molecule has 4 nitrogen and oxygen atoms in total. The number of rotatable bonds is 3. The minimum absolute atomic E-state index is 0.819. The summed E-state index contributed by atoms with van der Waals surface area (Å²) in [6.07, 6.45) is 2.74. The smallest absolute Gasteiger partial charge is 0.328 e. The summed E-state index contributed by atoms with van der Waals surface area (Å²) in [4.78, 5) is 10.6. The molecule has 0 amide bonds. The summed E-state index contributed by atoms with van der Waals surface area (Å²) in [6, 6.07) is 6.24. The van der Waals surface area contributed by atoms with Gasteiger partial charge in [0.05, 0.1) is 11.4 Å². The van der Waals surface area contributed by atoms with E-state index in [0.717, 1.165) is 28.7 Å². The van der Waals surface area contributed by atoms with Crippen LogP contribution in [0.4, 0.5) is 0 Å². The maximum absolute atomic E-state index is 10.6. The van der Waals surface area contributed by atoms with Crippen molar-refractivity contribution in [3.8, 4) is 5.69 Å². The van der Waals surface area contributed by atoms with Gasteiger partial charge in [0.25, 0.3) is 0 Å². The van der Waals surface area contributed by atoms with Gasteiger partial charge in [-0.2, -0.15) is 5.10 Å². The van der Waals surface area contributed by atoms with E-state index in [9.17, 15) is 4.79 Å². The third-order valence-electron chi connectivity index (χ3n) is 3.19. The lowest BCUT2D eigenvalue weighted by Crippen LogP contribution is -2.00. The lowest BCUT2D eigenvalue weighted by atomic mass is 10.1. The first-order chi connectivity index (χ1) is 9.38. The van der Waals surface area contributed by atoms with Gasteiger partial charge in [-0.1, -0.05) is 6.07 Å². The van der Waals surface area contributed by atoms with E-state index >= 15 is 0 Å². The number of aromatic nitrogens is 2. The average molecular weight is 270 g/mol. The van der Waals surface area contributed by atoms with Crippen LogP contribution in [0.15, 0.2) is 24.3 Å². The van der Waals surface area contributed by atoms with E-state index in [-0.39, 0.29) is 0 Å². The molecule has 0 saturated heterocycles. The fraction of sp³-hybridized carbons (Fsp3) is 0.250. The van der Waals surface area contributed by atoms with Crippen molar-refractivity contribution in [3.05, 3.63) is 52.4 Å². The van der Waals surface area contributed by atoms with Gasteiger partial charge in [0.15, 0.2) is 0 Å². The first kappa shape index (κ1) is 14.1. The van der Waals surface area contributed by atoms with Gasteiger partial charge in [0, 0.05) is 17.3 Å². The van der Waals surface area contributed by atoms with E-state index in [1.54, 1.807) is 6.08 Å². The van der Waals surface area contributed by atoms with Crippen LogP contribution in [0.2, 0.25) is 0 Å². The average Bonchev–Trinajstić information content (AvgIpc) is 2.61. The van der Waals surface area contributed by atoms with Crippen molar-refractivity contribution in [3.63, 3.8) is 0 Å². The van der Waals surface area contributed by atoms with Gasteiger partial charge in [-0.15, -0.1) is 0 Å². The Hall–Kier alpha value is -2.36. The Morgan fingerprint density at radius 1 is 1.15 bits per heavy atom. The van der Waals surface area contributed by atoms with Crippen molar-refractivity contribution < 1.29 is 9.90 Å². The first-order valence-corrected chi connectivity index (χ1v) is 6.44. The monoisotopic (exact) mass is 270 g/mol. The highest BCUT2D eigenvalue weighted by atomic mass is 16.4. The summed E-state index contributed by atoms with van der Waals surface area (Å²) < 4.78 is 1.86. The Kier molecular flexibility index (Phi) is 3.74. The van der Waals surface area contributed by atoms with Crippen molar-refractivity contribution in [2.45, 2.75) is 27.7 Å². The molecule has 0 bridgehead atoms. The molecule has 104 valence electrons. The van der Waals surface area contributed by atoms with E-state index < -0.39 is 5.97 Å². The quantitative estimate of drug-likeness (QED) is 0.871. The van der Waals surface area contributed by atoms with Crippen LogP contribution < -0.4 is 0 Å². The molecular weight excluding hydrogens is 252 g/mol. The fourth-order valence-electron chi connectivity index (χ4n) is 2.37. The number of carboxylic acids is 1. The van der Waals surface area contributed by atoms with Gasteiger partial charge in [-0.05, 0) is 57.0 Å². The first-order valence-electron chi connectivity index (χ1n) is 6.44. The van der Waals surface area contributed by atoms with Crippen molar-refractivity contribution in [1.82, 2.24) is 9.78 Å². The number of benzene rings is 1. The SMILES string of the molecule is Cc1cc(C)cc(-n2nc(C)c(/C=C/C(=O)O)c2C)c1. The number of aliphatic carboxylic acids is 1. The Balaban J connectivity index is 2.54. The third-order valence-corrected chi connectivity index (χ3v) is 3.19. The van der Waals surface area contributed by atoms with E-state index in [1.165, 1.54) is 11.1 Å². The number of nitrogens with zero attached hydrogens (tertiary/aromatic N) is 2. The molecule has 2 aromatic rings. The zero-order valence-corrected chi connectivity index (χ0v) is 12.1. The molecule has 1 N–H and O–H groups in total. The molecular formula is C16H18N2O2. The van der Waals surface area contributed by atoms with Crippen LogP contribution in [0.3, 0.4) is 0 Å². The molecule has 0 radical (unpaired) electrons. The predicted octanol–water partition coefficient (Wildman–Crippen LogP) is 3.20. The van der Waals surface area contributed by atoms with Crippen LogP contribution in [-0.4, -0.2) is 20.9 Å². The van der Waals surface area contributed by atoms with Gasteiger partial charge in [-0.25, -0.2) is 9.48 Å². The summed E-state index contributed by atoms with van der Waals surface area (Å²) in [5, 5.41) is 13.3. The predicted molar refractivity (Wildman–Crippen MR) is 79.2 cm³/mol.